The van der Waals surface area contributed by atoms with Crippen LogP contribution in [0.5, 0.6) is 0 Å². The van der Waals surface area contributed by atoms with E-state index in [0.29, 0.717) is 12.8 Å². The summed E-state index contributed by atoms with van der Waals surface area (Å²) < 4.78 is 27.4. The molecule has 1 heterocycles. The summed E-state index contributed by atoms with van der Waals surface area (Å²) in [6.07, 6.45) is 1.40. The topological polar surface area (TPSA) is 113 Å². The van der Waals surface area contributed by atoms with Crippen LogP contribution in [0.3, 0.4) is 0 Å². The molecule has 2 rings (SSSR count). The van der Waals surface area contributed by atoms with Gasteiger partial charge in [-0.2, -0.15) is 0 Å². The van der Waals surface area contributed by atoms with E-state index in [-0.39, 0.29) is 22.2 Å². The minimum absolute atomic E-state index is 0.176. The van der Waals surface area contributed by atoms with Crippen LogP contribution in [-0.4, -0.2) is 50.6 Å². The number of carboxylic acid groups (broad SMARTS) is 1. The van der Waals surface area contributed by atoms with Crippen molar-refractivity contribution in [2.24, 2.45) is 0 Å². The number of piperidine rings is 1. The number of anilines is 1. The normalized spacial score (nSPS) is 17.8. The van der Waals surface area contributed by atoms with Gasteiger partial charge in [0.25, 0.3) is 0 Å². The molecule has 7 nitrogen and oxygen atoms in total. The number of sulfonamides is 1. The third-order valence-corrected chi connectivity index (χ3v) is 5.14. The van der Waals surface area contributed by atoms with Crippen molar-refractivity contribution < 1.29 is 18.3 Å². The van der Waals surface area contributed by atoms with Gasteiger partial charge in [0.05, 0.1) is 10.5 Å². The Balaban J connectivity index is 2.25. The number of benzene rings is 1. The molecule has 8 heteroatoms. The maximum absolute atomic E-state index is 12.4. The molecule has 1 aromatic carbocycles. The van der Waals surface area contributed by atoms with Crippen LogP contribution in [0.1, 0.15) is 23.2 Å². The van der Waals surface area contributed by atoms with Crippen molar-refractivity contribution in [3.8, 4) is 0 Å². The highest BCUT2D eigenvalue weighted by Gasteiger charge is 2.27. The molecule has 116 valence electrons. The Hall–Kier alpha value is -1.64. The van der Waals surface area contributed by atoms with E-state index in [4.69, 9.17) is 10.8 Å². The first-order valence-corrected chi connectivity index (χ1v) is 8.11. The highest BCUT2D eigenvalue weighted by molar-refractivity contribution is 7.89. The van der Waals surface area contributed by atoms with Gasteiger partial charge in [-0.3, -0.25) is 0 Å². The van der Waals surface area contributed by atoms with Gasteiger partial charge in [0, 0.05) is 11.7 Å². The van der Waals surface area contributed by atoms with E-state index >= 15 is 0 Å². The number of hydrogen-bond acceptors (Lipinski definition) is 5. The zero-order valence-corrected chi connectivity index (χ0v) is 12.6. The molecule has 0 atom stereocenters. The molecule has 0 radical (unpaired) electrons. The average molecular weight is 313 g/mol. The van der Waals surface area contributed by atoms with Crippen LogP contribution in [0.2, 0.25) is 0 Å². The maximum atomic E-state index is 12.4. The van der Waals surface area contributed by atoms with E-state index in [2.05, 4.69) is 9.62 Å². The smallest absolute Gasteiger partial charge is 0.337 e. The lowest BCUT2D eigenvalue weighted by Gasteiger charge is -2.29. The lowest BCUT2D eigenvalue weighted by Crippen LogP contribution is -2.43. The van der Waals surface area contributed by atoms with Gasteiger partial charge in [-0.05, 0) is 51.2 Å². The van der Waals surface area contributed by atoms with Crippen molar-refractivity contribution in [3.05, 3.63) is 23.8 Å². The monoisotopic (exact) mass is 313 g/mol. The second-order valence-corrected chi connectivity index (χ2v) is 6.94. The highest BCUT2D eigenvalue weighted by atomic mass is 32.2. The third-order valence-electron chi connectivity index (χ3n) is 3.56. The number of nitrogens with two attached hydrogens (primary N) is 1. The first kappa shape index (κ1) is 15.7. The van der Waals surface area contributed by atoms with Crippen molar-refractivity contribution in [3.63, 3.8) is 0 Å². The first-order chi connectivity index (χ1) is 9.79. The Kier molecular flexibility index (Phi) is 4.50. The molecule has 0 saturated carbocycles. The standard InChI is InChI=1S/C13H19N3O4S/c1-16-6-4-10(5-7-16)15-21(19,20)12-3-2-9(14)8-11(12)13(17)18/h2-3,8,10,15H,4-7,14H2,1H3,(H,17,18). The predicted molar refractivity (Wildman–Crippen MR) is 78.7 cm³/mol. The third kappa shape index (κ3) is 3.72. The Morgan fingerprint density at radius 2 is 2.00 bits per heavy atom. The number of aromatic carboxylic acids is 1. The Morgan fingerprint density at radius 3 is 2.57 bits per heavy atom. The van der Waals surface area contributed by atoms with Crippen LogP contribution < -0.4 is 10.5 Å². The number of nitrogen functional groups attached to an aromatic ring is 1. The van der Waals surface area contributed by atoms with Crippen LogP contribution in [0.25, 0.3) is 0 Å². The van der Waals surface area contributed by atoms with Crippen molar-refractivity contribution in [1.82, 2.24) is 9.62 Å². The van der Waals surface area contributed by atoms with Gasteiger partial charge < -0.3 is 15.7 Å². The number of carbonyl (C=O) groups is 1. The summed E-state index contributed by atoms with van der Waals surface area (Å²) in [6.45, 7) is 1.61. The maximum Gasteiger partial charge on any atom is 0.337 e. The molecule has 0 unspecified atom stereocenters. The minimum Gasteiger partial charge on any atom is -0.478 e. The summed E-state index contributed by atoms with van der Waals surface area (Å²) in [5.74, 6) is -1.31. The molecule has 0 spiro atoms. The molecule has 1 saturated heterocycles. The van der Waals surface area contributed by atoms with Gasteiger partial charge >= 0.3 is 5.97 Å². The highest BCUT2D eigenvalue weighted by Crippen LogP contribution is 2.20. The summed E-state index contributed by atoms with van der Waals surface area (Å²) in [4.78, 5) is 13.1. The fourth-order valence-electron chi connectivity index (χ4n) is 2.36. The van der Waals surface area contributed by atoms with Gasteiger partial charge in [0.2, 0.25) is 10.0 Å². The Bertz CT molecular complexity index is 637. The van der Waals surface area contributed by atoms with Crippen molar-refractivity contribution >= 4 is 21.7 Å². The van der Waals surface area contributed by atoms with E-state index < -0.39 is 16.0 Å². The summed E-state index contributed by atoms with van der Waals surface area (Å²) >= 11 is 0. The van der Waals surface area contributed by atoms with E-state index in [1.54, 1.807) is 0 Å². The molecule has 4 N–H and O–H groups in total. The number of nitrogens with zero attached hydrogens (tertiary/aromatic N) is 1. The molecule has 0 aliphatic carbocycles. The number of rotatable bonds is 4. The van der Waals surface area contributed by atoms with Gasteiger partial charge in [-0.1, -0.05) is 0 Å². The summed E-state index contributed by atoms with van der Waals surface area (Å²) in [5, 5.41) is 9.14. The molecule has 1 fully saturated rings. The zero-order valence-electron chi connectivity index (χ0n) is 11.7. The Morgan fingerprint density at radius 1 is 1.38 bits per heavy atom. The van der Waals surface area contributed by atoms with E-state index in [1.165, 1.54) is 12.1 Å². The lowest BCUT2D eigenvalue weighted by atomic mass is 10.1. The number of carboxylic acids is 1. The second-order valence-electron chi connectivity index (χ2n) is 5.26. The lowest BCUT2D eigenvalue weighted by molar-refractivity contribution is 0.0692. The molecule has 1 aromatic rings. The largest absolute Gasteiger partial charge is 0.478 e. The predicted octanol–water partition coefficient (Wildman–Crippen LogP) is 0.340. The number of hydrogen-bond donors (Lipinski definition) is 3. The van der Waals surface area contributed by atoms with E-state index in [9.17, 15) is 13.2 Å². The fraction of sp³-hybridized carbons (Fsp3) is 0.462. The summed E-state index contributed by atoms with van der Waals surface area (Å²) in [5.41, 5.74) is 5.43. The quantitative estimate of drug-likeness (QED) is 0.691. The second kappa shape index (κ2) is 6.00. The molecule has 1 aliphatic heterocycles. The average Bonchev–Trinajstić information content (AvgIpc) is 2.40. The molecule has 0 bridgehead atoms. The van der Waals surface area contributed by atoms with Crippen LogP contribution in [0.15, 0.2) is 23.1 Å². The van der Waals surface area contributed by atoms with Gasteiger partial charge in [-0.15, -0.1) is 0 Å². The van der Waals surface area contributed by atoms with Crippen molar-refractivity contribution in [2.75, 3.05) is 25.9 Å². The molecule has 21 heavy (non-hydrogen) atoms. The summed E-state index contributed by atoms with van der Waals surface area (Å²) in [7, 11) is -1.90. The SMILES string of the molecule is CN1CCC(NS(=O)(=O)c2ccc(N)cc2C(=O)O)CC1. The van der Waals surface area contributed by atoms with Crippen molar-refractivity contribution in [2.45, 2.75) is 23.8 Å². The van der Waals surface area contributed by atoms with Crippen LogP contribution >= 0.6 is 0 Å². The van der Waals surface area contributed by atoms with Gasteiger partial charge in [0.15, 0.2) is 0 Å². The van der Waals surface area contributed by atoms with E-state index in [0.717, 1.165) is 19.2 Å². The number of nitrogens with one attached hydrogen (secondary N) is 1. The first-order valence-electron chi connectivity index (χ1n) is 6.63. The zero-order chi connectivity index (χ0) is 15.6. The summed E-state index contributed by atoms with van der Waals surface area (Å²) in [6, 6.07) is 3.60. The van der Waals surface area contributed by atoms with Crippen molar-refractivity contribution in [1.29, 1.82) is 0 Å². The van der Waals surface area contributed by atoms with Crippen LogP contribution in [0.4, 0.5) is 5.69 Å². The van der Waals surface area contributed by atoms with Crippen LogP contribution in [0, 0.1) is 0 Å². The van der Waals surface area contributed by atoms with Crippen LogP contribution in [-0.2, 0) is 10.0 Å². The molecule has 1 aliphatic rings. The molecule has 0 aromatic heterocycles. The fourth-order valence-corrected chi connectivity index (χ4v) is 3.84. The Labute approximate surface area is 123 Å². The molecular weight excluding hydrogens is 294 g/mol. The van der Waals surface area contributed by atoms with Gasteiger partial charge in [0.1, 0.15) is 0 Å². The molecular formula is C13H19N3O4S. The minimum atomic E-state index is -3.87. The number of likely N-dealkylation sites (tertiary alicyclic amines) is 1. The van der Waals surface area contributed by atoms with Gasteiger partial charge in [-0.25, -0.2) is 17.9 Å². The van der Waals surface area contributed by atoms with E-state index in [1.807, 2.05) is 7.05 Å². The molecule has 0 amide bonds.